The van der Waals surface area contributed by atoms with E-state index in [4.69, 9.17) is 11.6 Å². The molecular formula is C13H11ClN4. The number of fused-ring (bicyclic) bond motifs is 1. The number of imidazole rings is 1. The molecular weight excluding hydrogens is 248 g/mol. The fourth-order valence-electron chi connectivity index (χ4n) is 2.00. The smallest absolute Gasteiger partial charge is 0.165 e. The zero-order chi connectivity index (χ0) is 12.5. The lowest BCUT2D eigenvalue weighted by atomic mass is 10.1. The molecule has 0 spiro atoms. The van der Waals surface area contributed by atoms with Crippen LogP contribution in [0.5, 0.6) is 0 Å². The van der Waals surface area contributed by atoms with Crippen LogP contribution < -0.4 is 0 Å². The average molecular weight is 259 g/mol. The van der Waals surface area contributed by atoms with Crippen molar-refractivity contribution < 1.29 is 0 Å². The number of benzene rings is 1. The highest BCUT2D eigenvalue weighted by Crippen LogP contribution is 2.24. The Kier molecular flexibility index (Phi) is 2.72. The topological polar surface area (TPSA) is 43.6 Å². The highest BCUT2D eigenvalue weighted by Gasteiger charge is 2.14. The van der Waals surface area contributed by atoms with Crippen molar-refractivity contribution in [2.75, 3.05) is 0 Å². The van der Waals surface area contributed by atoms with Crippen LogP contribution in [0.4, 0.5) is 0 Å². The molecule has 0 bridgehead atoms. The number of halogens is 1. The Morgan fingerprint density at radius 2 is 1.89 bits per heavy atom. The van der Waals surface area contributed by atoms with Crippen molar-refractivity contribution in [2.45, 2.75) is 13.0 Å². The van der Waals surface area contributed by atoms with Crippen molar-refractivity contribution in [1.29, 1.82) is 0 Å². The average Bonchev–Trinajstić information content (AvgIpc) is 2.84. The summed E-state index contributed by atoms with van der Waals surface area (Å²) in [6, 6.07) is 10.4. The van der Waals surface area contributed by atoms with Gasteiger partial charge in [-0.25, -0.2) is 15.0 Å². The maximum atomic E-state index is 5.99. The van der Waals surface area contributed by atoms with E-state index in [9.17, 15) is 0 Å². The quantitative estimate of drug-likeness (QED) is 0.664. The van der Waals surface area contributed by atoms with Gasteiger partial charge in [0.25, 0.3) is 0 Å². The van der Waals surface area contributed by atoms with E-state index in [0.29, 0.717) is 10.7 Å². The Hall–Kier alpha value is -1.94. The van der Waals surface area contributed by atoms with E-state index in [2.05, 4.69) is 34.0 Å². The number of rotatable bonds is 2. The molecule has 0 saturated heterocycles. The van der Waals surface area contributed by atoms with Gasteiger partial charge in [0.2, 0.25) is 0 Å². The lowest BCUT2D eigenvalue weighted by Gasteiger charge is -2.13. The highest BCUT2D eigenvalue weighted by atomic mass is 35.5. The molecule has 0 aliphatic carbocycles. The molecule has 5 heteroatoms. The second kappa shape index (κ2) is 4.38. The molecule has 0 unspecified atom stereocenters. The first-order valence-corrected chi connectivity index (χ1v) is 6.03. The molecule has 3 rings (SSSR count). The van der Waals surface area contributed by atoms with Crippen LogP contribution in [0.1, 0.15) is 18.5 Å². The van der Waals surface area contributed by atoms with Crippen LogP contribution in [0.15, 0.2) is 43.0 Å². The van der Waals surface area contributed by atoms with Crippen molar-refractivity contribution in [3.05, 3.63) is 53.7 Å². The van der Waals surface area contributed by atoms with Crippen molar-refractivity contribution in [1.82, 2.24) is 19.5 Å². The zero-order valence-electron chi connectivity index (χ0n) is 9.79. The van der Waals surface area contributed by atoms with E-state index in [1.54, 1.807) is 6.33 Å². The normalized spacial score (nSPS) is 12.8. The third kappa shape index (κ3) is 1.75. The van der Waals surface area contributed by atoms with Gasteiger partial charge < -0.3 is 4.57 Å². The van der Waals surface area contributed by atoms with Gasteiger partial charge >= 0.3 is 0 Å². The van der Waals surface area contributed by atoms with Crippen LogP contribution in [0.25, 0.3) is 11.2 Å². The van der Waals surface area contributed by atoms with E-state index < -0.39 is 0 Å². The number of nitrogens with zero attached hydrogens (tertiary/aromatic N) is 4. The molecule has 4 nitrogen and oxygen atoms in total. The summed E-state index contributed by atoms with van der Waals surface area (Å²) in [6.07, 6.45) is 3.21. The molecule has 2 heterocycles. The highest BCUT2D eigenvalue weighted by molar-refractivity contribution is 6.33. The minimum atomic E-state index is 0.155. The van der Waals surface area contributed by atoms with Crippen LogP contribution in [-0.2, 0) is 0 Å². The molecule has 18 heavy (non-hydrogen) atoms. The van der Waals surface area contributed by atoms with E-state index in [1.807, 2.05) is 22.8 Å². The van der Waals surface area contributed by atoms with Crippen LogP contribution in [0.3, 0.4) is 0 Å². The van der Waals surface area contributed by atoms with Crippen LogP contribution in [0, 0.1) is 0 Å². The van der Waals surface area contributed by atoms with Gasteiger partial charge in [-0.2, -0.15) is 0 Å². The molecule has 90 valence electrons. The molecule has 0 aliphatic rings. The summed E-state index contributed by atoms with van der Waals surface area (Å²) < 4.78 is 2.00. The maximum absolute atomic E-state index is 5.99. The predicted molar refractivity (Wildman–Crippen MR) is 70.6 cm³/mol. The first kappa shape index (κ1) is 11.2. The van der Waals surface area contributed by atoms with Gasteiger partial charge in [-0.15, -0.1) is 0 Å². The molecule has 2 aromatic heterocycles. The SMILES string of the molecule is C[C@H](c1ccccc1)n1cnc2c(Cl)ncnc21. The Labute approximate surface area is 109 Å². The van der Waals surface area contributed by atoms with Crippen LogP contribution >= 0.6 is 11.6 Å². The standard InChI is InChI=1S/C13H11ClN4/c1-9(10-5-3-2-4-6-10)18-8-17-11-12(14)15-7-16-13(11)18/h2-9H,1H3/t9-/m1/s1. The molecule has 0 radical (unpaired) electrons. The minimum absolute atomic E-state index is 0.155. The monoisotopic (exact) mass is 258 g/mol. The molecule has 0 aliphatic heterocycles. The van der Waals surface area contributed by atoms with Crippen molar-refractivity contribution in [3.63, 3.8) is 0 Å². The van der Waals surface area contributed by atoms with Crippen LogP contribution in [-0.4, -0.2) is 19.5 Å². The first-order chi connectivity index (χ1) is 8.77. The van der Waals surface area contributed by atoms with Gasteiger partial charge in [-0.1, -0.05) is 41.9 Å². The summed E-state index contributed by atoms with van der Waals surface area (Å²) in [5, 5.41) is 0.388. The second-order valence-corrected chi connectivity index (χ2v) is 4.43. The van der Waals surface area contributed by atoms with E-state index in [-0.39, 0.29) is 6.04 Å². The summed E-state index contributed by atoms with van der Waals surface area (Å²) in [5.41, 5.74) is 2.60. The van der Waals surface area contributed by atoms with Crippen molar-refractivity contribution >= 4 is 22.8 Å². The first-order valence-electron chi connectivity index (χ1n) is 5.65. The van der Waals surface area contributed by atoms with Crippen molar-refractivity contribution in [3.8, 4) is 0 Å². The van der Waals surface area contributed by atoms with Gasteiger partial charge in [0, 0.05) is 0 Å². The summed E-state index contributed by atoms with van der Waals surface area (Å²) >= 11 is 5.99. The van der Waals surface area contributed by atoms with E-state index in [1.165, 1.54) is 11.9 Å². The summed E-state index contributed by atoms with van der Waals surface area (Å²) in [7, 11) is 0. The summed E-state index contributed by atoms with van der Waals surface area (Å²) in [5.74, 6) is 0. The van der Waals surface area contributed by atoms with Gasteiger partial charge in [0.05, 0.1) is 12.4 Å². The van der Waals surface area contributed by atoms with Gasteiger partial charge in [0.1, 0.15) is 11.8 Å². The fraction of sp³-hybridized carbons (Fsp3) is 0.154. The van der Waals surface area contributed by atoms with E-state index in [0.717, 1.165) is 5.65 Å². The molecule has 1 atom stereocenters. The Morgan fingerprint density at radius 3 is 2.67 bits per heavy atom. The summed E-state index contributed by atoms with van der Waals surface area (Å²) in [6.45, 7) is 2.10. The maximum Gasteiger partial charge on any atom is 0.165 e. The van der Waals surface area contributed by atoms with E-state index >= 15 is 0 Å². The number of hydrogen-bond donors (Lipinski definition) is 0. The third-order valence-corrected chi connectivity index (χ3v) is 3.29. The zero-order valence-corrected chi connectivity index (χ0v) is 10.5. The molecule has 1 aromatic carbocycles. The Balaban J connectivity index is 2.13. The molecule has 3 aromatic rings. The fourth-order valence-corrected chi connectivity index (χ4v) is 2.18. The van der Waals surface area contributed by atoms with Gasteiger partial charge in [-0.05, 0) is 12.5 Å². The Morgan fingerprint density at radius 1 is 1.11 bits per heavy atom. The lowest BCUT2D eigenvalue weighted by molar-refractivity contribution is 0.652. The third-order valence-electron chi connectivity index (χ3n) is 3.01. The molecule has 0 saturated carbocycles. The minimum Gasteiger partial charge on any atom is -0.308 e. The lowest BCUT2D eigenvalue weighted by Crippen LogP contribution is -2.06. The van der Waals surface area contributed by atoms with Gasteiger partial charge in [-0.3, -0.25) is 0 Å². The largest absolute Gasteiger partial charge is 0.308 e. The Bertz CT molecular complexity index is 678. The van der Waals surface area contributed by atoms with Crippen molar-refractivity contribution in [2.24, 2.45) is 0 Å². The number of aromatic nitrogens is 4. The predicted octanol–water partition coefficient (Wildman–Crippen LogP) is 3.09. The second-order valence-electron chi connectivity index (χ2n) is 4.08. The summed E-state index contributed by atoms with van der Waals surface area (Å²) in [4.78, 5) is 12.5. The van der Waals surface area contributed by atoms with Gasteiger partial charge in [0.15, 0.2) is 10.8 Å². The van der Waals surface area contributed by atoms with Crippen LogP contribution in [0.2, 0.25) is 5.15 Å². The molecule has 0 amide bonds. The molecule has 0 fully saturated rings. The number of hydrogen-bond acceptors (Lipinski definition) is 3. The molecule has 0 N–H and O–H groups in total.